The van der Waals surface area contributed by atoms with Crippen molar-refractivity contribution in [1.82, 2.24) is 5.32 Å². The summed E-state index contributed by atoms with van der Waals surface area (Å²) in [5, 5.41) is 3.08. The summed E-state index contributed by atoms with van der Waals surface area (Å²) >= 11 is 0. The SMILES string of the molecule is CC(C)/C=C/c1ccc(CNCCN)c(F)c1. The van der Waals surface area contributed by atoms with Crippen LogP contribution < -0.4 is 11.1 Å². The second kappa shape index (κ2) is 7.20. The highest BCUT2D eigenvalue weighted by Crippen LogP contribution is 2.12. The van der Waals surface area contributed by atoms with Crippen LogP contribution in [0.5, 0.6) is 0 Å². The first-order valence-electron chi connectivity index (χ1n) is 6.01. The van der Waals surface area contributed by atoms with Crippen LogP contribution in [-0.2, 0) is 6.54 Å². The van der Waals surface area contributed by atoms with Gasteiger partial charge in [0.1, 0.15) is 5.82 Å². The molecule has 0 fully saturated rings. The zero-order chi connectivity index (χ0) is 12.7. The van der Waals surface area contributed by atoms with Gasteiger partial charge in [0.2, 0.25) is 0 Å². The normalized spacial score (nSPS) is 11.6. The predicted molar refractivity (Wildman–Crippen MR) is 71.0 cm³/mol. The fourth-order valence-corrected chi connectivity index (χ4v) is 1.44. The second-order valence-corrected chi connectivity index (χ2v) is 4.42. The Morgan fingerprint density at radius 3 is 2.76 bits per heavy atom. The van der Waals surface area contributed by atoms with Gasteiger partial charge in [-0.25, -0.2) is 4.39 Å². The number of rotatable bonds is 6. The minimum absolute atomic E-state index is 0.166. The quantitative estimate of drug-likeness (QED) is 0.745. The number of halogens is 1. The Hall–Kier alpha value is -1.19. The molecule has 0 spiro atoms. The Balaban J connectivity index is 2.65. The number of benzene rings is 1. The molecule has 0 amide bonds. The summed E-state index contributed by atoms with van der Waals surface area (Å²) in [4.78, 5) is 0. The first-order chi connectivity index (χ1) is 8.13. The maximum Gasteiger partial charge on any atom is 0.128 e. The number of hydrogen-bond acceptors (Lipinski definition) is 2. The topological polar surface area (TPSA) is 38.0 Å². The monoisotopic (exact) mass is 236 g/mol. The Bertz CT molecular complexity index is 372. The fourth-order valence-electron chi connectivity index (χ4n) is 1.44. The molecule has 0 radical (unpaired) electrons. The predicted octanol–water partition coefficient (Wildman–Crippen LogP) is 2.54. The molecule has 0 aliphatic carbocycles. The van der Waals surface area contributed by atoms with Gasteiger partial charge >= 0.3 is 0 Å². The van der Waals surface area contributed by atoms with Crippen molar-refractivity contribution in [2.75, 3.05) is 13.1 Å². The third-order valence-electron chi connectivity index (χ3n) is 2.39. The summed E-state index contributed by atoms with van der Waals surface area (Å²) in [5.41, 5.74) is 6.94. The molecule has 0 atom stereocenters. The minimum Gasteiger partial charge on any atom is -0.329 e. The molecule has 94 valence electrons. The Morgan fingerprint density at radius 1 is 1.41 bits per heavy atom. The van der Waals surface area contributed by atoms with E-state index in [1.807, 2.05) is 18.2 Å². The summed E-state index contributed by atoms with van der Waals surface area (Å²) in [6.07, 6.45) is 4.01. The van der Waals surface area contributed by atoms with E-state index in [9.17, 15) is 4.39 Å². The average molecular weight is 236 g/mol. The molecule has 3 N–H and O–H groups in total. The van der Waals surface area contributed by atoms with E-state index in [2.05, 4.69) is 25.2 Å². The molecule has 0 saturated carbocycles. The third-order valence-corrected chi connectivity index (χ3v) is 2.39. The van der Waals surface area contributed by atoms with Crippen molar-refractivity contribution in [3.8, 4) is 0 Å². The van der Waals surface area contributed by atoms with E-state index in [4.69, 9.17) is 5.73 Å². The lowest BCUT2D eigenvalue weighted by Gasteiger charge is -2.05. The molecule has 17 heavy (non-hydrogen) atoms. The van der Waals surface area contributed by atoms with Gasteiger partial charge in [0, 0.05) is 25.2 Å². The van der Waals surface area contributed by atoms with Gasteiger partial charge in [-0.2, -0.15) is 0 Å². The van der Waals surface area contributed by atoms with Crippen molar-refractivity contribution in [1.29, 1.82) is 0 Å². The molecular weight excluding hydrogens is 215 g/mol. The van der Waals surface area contributed by atoms with E-state index in [1.54, 1.807) is 6.07 Å². The second-order valence-electron chi connectivity index (χ2n) is 4.42. The molecule has 0 aromatic heterocycles. The van der Waals surface area contributed by atoms with Crippen LogP contribution in [0, 0.1) is 11.7 Å². The van der Waals surface area contributed by atoms with Crippen LogP contribution in [0.2, 0.25) is 0 Å². The molecule has 1 rings (SSSR count). The lowest BCUT2D eigenvalue weighted by Crippen LogP contribution is -2.22. The molecule has 0 aliphatic heterocycles. The number of allylic oxidation sites excluding steroid dienone is 1. The van der Waals surface area contributed by atoms with Gasteiger partial charge in [-0.05, 0) is 17.5 Å². The highest BCUT2D eigenvalue weighted by Gasteiger charge is 2.01. The highest BCUT2D eigenvalue weighted by molar-refractivity contribution is 5.50. The fraction of sp³-hybridized carbons (Fsp3) is 0.429. The van der Waals surface area contributed by atoms with Crippen molar-refractivity contribution in [3.05, 3.63) is 41.2 Å². The van der Waals surface area contributed by atoms with Gasteiger partial charge in [-0.3, -0.25) is 0 Å². The molecule has 2 nitrogen and oxygen atoms in total. The summed E-state index contributed by atoms with van der Waals surface area (Å²) in [5.74, 6) is 0.310. The van der Waals surface area contributed by atoms with Gasteiger partial charge in [-0.1, -0.05) is 38.1 Å². The first kappa shape index (κ1) is 13.9. The molecule has 0 heterocycles. The molecule has 0 bridgehead atoms. The van der Waals surface area contributed by atoms with Gasteiger partial charge in [0.15, 0.2) is 0 Å². The van der Waals surface area contributed by atoms with E-state index in [0.29, 0.717) is 31.1 Å². The van der Waals surface area contributed by atoms with Crippen molar-refractivity contribution < 1.29 is 4.39 Å². The summed E-state index contributed by atoms with van der Waals surface area (Å²) in [6.45, 7) is 5.98. The highest BCUT2D eigenvalue weighted by atomic mass is 19.1. The Morgan fingerprint density at radius 2 is 2.18 bits per heavy atom. The smallest absolute Gasteiger partial charge is 0.128 e. The summed E-state index contributed by atoms with van der Waals surface area (Å²) in [6, 6.07) is 5.32. The van der Waals surface area contributed by atoms with Crippen LogP contribution in [0.4, 0.5) is 4.39 Å². The van der Waals surface area contributed by atoms with Crippen molar-refractivity contribution in [3.63, 3.8) is 0 Å². The lowest BCUT2D eigenvalue weighted by atomic mass is 10.1. The summed E-state index contributed by atoms with van der Waals surface area (Å²) < 4.78 is 13.7. The standard InChI is InChI=1S/C14H21FN2/c1-11(2)3-4-12-5-6-13(14(15)9-12)10-17-8-7-16/h3-6,9,11,17H,7-8,10,16H2,1-2H3/b4-3+. The number of hydrogen-bond donors (Lipinski definition) is 2. The van der Waals surface area contributed by atoms with E-state index >= 15 is 0 Å². The van der Waals surface area contributed by atoms with E-state index in [-0.39, 0.29) is 5.82 Å². The van der Waals surface area contributed by atoms with Crippen LogP contribution >= 0.6 is 0 Å². The first-order valence-corrected chi connectivity index (χ1v) is 6.01. The Labute approximate surface area is 103 Å². The van der Waals surface area contributed by atoms with Crippen LogP contribution in [0.25, 0.3) is 6.08 Å². The maximum absolute atomic E-state index is 13.7. The van der Waals surface area contributed by atoms with Crippen LogP contribution in [0.1, 0.15) is 25.0 Å². The van der Waals surface area contributed by atoms with Crippen molar-refractivity contribution in [2.45, 2.75) is 20.4 Å². The molecular formula is C14H21FN2. The maximum atomic E-state index is 13.7. The Kier molecular flexibility index (Phi) is 5.87. The lowest BCUT2D eigenvalue weighted by molar-refractivity contribution is 0.589. The van der Waals surface area contributed by atoms with E-state index < -0.39 is 0 Å². The molecule has 1 aromatic rings. The zero-order valence-electron chi connectivity index (χ0n) is 10.5. The van der Waals surface area contributed by atoms with Crippen LogP contribution in [0.3, 0.4) is 0 Å². The van der Waals surface area contributed by atoms with Crippen molar-refractivity contribution >= 4 is 6.08 Å². The number of nitrogens with two attached hydrogens (primary N) is 1. The molecule has 0 saturated heterocycles. The molecule has 1 aromatic carbocycles. The minimum atomic E-state index is -0.166. The third kappa shape index (κ3) is 5.11. The largest absolute Gasteiger partial charge is 0.329 e. The molecule has 0 aliphatic rings. The van der Waals surface area contributed by atoms with Gasteiger partial charge in [-0.15, -0.1) is 0 Å². The van der Waals surface area contributed by atoms with Crippen LogP contribution in [-0.4, -0.2) is 13.1 Å². The van der Waals surface area contributed by atoms with E-state index in [1.165, 1.54) is 0 Å². The van der Waals surface area contributed by atoms with Gasteiger partial charge < -0.3 is 11.1 Å². The molecule has 0 unspecified atom stereocenters. The summed E-state index contributed by atoms with van der Waals surface area (Å²) in [7, 11) is 0. The zero-order valence-corrected chi connectivity index (χ0v) is 10.5. The van der Waals surface area contributed by atoms with Crippen molar-refractivity contribution in [2.24, 2.45) is 11.7 Å². The average Bonchev–Trinajstić information content (AvgIpc) is 2.29. The van der Waals surface area contributed by atoms with E-state index in [0.717, 1.165) is 5.56 Å². The number of nitrogens with one attached hydrogen (secondary N) is 1. The van der Waals surface area contributed by atoms with Gasteiger partial charge in [0.25, 0.3) is 0 Å². The molecule has 3 heteroatoms. The van der Waals surface area contributed by atoms with Gasteiger partial charge in [0.05, 0.1) is 0 Å². The van der Waals surface area contributed by atoms with Crippen LogP contribution in [0.15, 0.2) is 24.3 Å².